The second-order valence-corrected chi connectivity index (χ2v) is 11.6. The van der Waals surface area contributed by atoms with Crippen LogP contribution in [0.25, 0.3) is 5.78 Å². The fourth-order valence-corrected chi connectivity index (χ4v) is 5.72. The first-order valence-corrected chi connectivity index (χ1v) is 15.9. The van der Waals surface area contributed by atoms with Gasteiger partial charge in [0.25, 0.3) is 17.6 Å². The van der Waals surface area contributed by atoms with Crippen LogP contribution in [0.4, 0.5) is 8.78 Å². The van der Waals surface area contributed by atoms with Crippen molar-refractivity contribution in [1.82, 2.24) is 40.0 Å². The quantitative estimate of drug-likeness (QED) is 0.317. The molecule has 5 rings (SSSR count). The minimum absolute atomic E-state index is 0.0260. The number of hydrogen-bond acceptors (Lipinski definition) is 7. The average molecular weight is 617 g/mol. The van der Waals surface area contributed by atoms with E-state index < -0.39 is 24.3 Å². The van der Waals surface area contributed by atoms with Gasteiger partial charge in [0.05, 0.1) is 48.5 Å². The van der Waals surface area contributed by atoms with E-state index in [1.54, 1.807) is 25.5 Å². The summed E-state index contributed by atoms with van der Waals surface area (Å²) in [4.78, 5) is 35.0. The lowest BCUT2D eigenvalue weighted by atomic mass is 9.88. The van der Waals surface area contributed by atoms with E-state index in [1.165, 1.54) is 9.20 Å². The number of aromatic nitrogens is 6. The summed E-state index contributed by atoms with van der Waals surface area (Å²) in [5, 5.41) is 14.7. The Morgan fingerprint density at radius 2 is 2.07 bits per heavy atom. The highest BCUT2D eigenvalue weighted by molar-refractivity contribution is 5.92. The number of imidazole rings is 1. The molecule has 0 saturated carbocycles. The van der Waals surface area contributed by atoms with Crippen LogP contribution in [0.3, 0.4) is 0 Å². The number of amides is 2. The normalized spacial score (nSPS) is 21.2. The second-order valence-electron chi connectivity index (χ2n) is 11.6. The van der Waals surface area contributed by atoms with E-state index in [1.807, 2.05) is 13.8 Å². The molecule has 2 aliphatic rings. The van der Waals surface area contributed by atoms with Crippen LogP contribution in [-0.2, 0) is 23.0 Å². The van der Waals surface area contributed by atoms with Crippen LogP contribution >= 0.6 is 0 Å². The van der Waals surface area contributed by atoms with Gasteiger partial charge in [-0.25, -0.2) is 23.3 Å². The third-order valence-electron chi connectivity index (χ3n) is 8.58. The van der Waals surface area contributed by atoms with Gasteiger partial charge in [0.1, 0.15) is 5.69 Å². The highest BCUT2D eigenvalue weighted by Gasteiger charge is 2.46. The number of rotatable bonds is 11. The van der Waals surface area contributed by atoms with Gasteiger partial charge >= 0.3 is 0 Å². The molecule has 0 radical (unpaired) electrons. The van der Waals surface area contributed by atoms with E-state index in [2.05, 4.69) is 39.5 Å². The van der Waals surface area contributed by atoms with Gasteiger partial charge in [0.2, 0.25) is 5.91 Å². The molecule has 13 heteroatoms. The molecule has 3 aromatic rings. The summed E-state index contributed by atoms with van der Waals surface area (Å²) in [6.07, 6.45) is 8.06. The zero-order valence-electron chi connectivity index (χ0n) is 26.5. The van der Waals surface area contributed by atoms with Crippen molar-refractivity contribution >= 4 is 17.6 Å². The van der Waals surface area contributed by atoms with Crippen molar-refractivity contribution in [2.45, 2.75) is 96.9 Å². The molecule has 0 spiro atoms. The first-order chi connectivity index (χ1) is 21.2. The first-order valence-electron chi connectivity index (χ1n) is 15.9. The van der Waals surface area contributed by atoms with Crippen molar-refractivity contribution < 1.29 is 23.1 Å². The predicted molar refractivity (Wildman–Crippen MR) is 161 cm³/mol. The lowest BCUT2D eigenvalue weighted by molar-refractivity contribution is -0.126. The molecule has 4 unspecified atom stereocenters. The van der Waals surface area contributed by atoms with Crippen LogP contribution in [-0.4, -0.2) is 66.9 Å². The minimum atomic E-state index is -3.03. The molecule has 4 atom stereocenters. The molecule has 0 aliphatic carbocycles. The zero-order valence-corrected chi connectivity index (χ0v) is 26.5. The van der Waals surface area contributed by atoms with Crippen LogP contribution in [0, 0.1) is 11.8 Å². The van der Waals surface area contributed by atoms with Gasteiger partial charge in [0, 0.05) is 38.5 Å². The molecular weight excluding hydrogens is 570 g/mol. The third-order valence-corrected chi connectivity index (χ3v) is 8.58. The first kappa shape index (κ1) is 33.4. The van der Waals surface area contributed by atoms with Crippen LogP contribution < -0.4 is 10.6 Å². The van der Waals surface area contributed by atoms with Crippen molar-refractivity contribution in [3.05, 3.63) is 41.2 Å². The number of halogens is 2. The number of piperidine rings is 1. The second kappa shape index (κ2) is 15.0. The molecule has 11 nitrogen and oxygen atoms in total. The molecule has 5 heterocycles. The molecule has 0 aromatic carbocycles. The van der Waals surface area contributed by atoms with Crippen molar-refractivity contribution in [2.75, 3.05) is 19.8 Å². The topological polar surface area (TPSA) is 128 Å². The number of hydrogen-bond donors (Lipinski definition) is 2. The van der Waals surface area contributed by atoms with Gasteiger partial charge in [0.15, 0.2) is 0 Å². The number of fused-ring (bicyclic) bond motifs is 1. The van der Waals surface area contributed by atoms with Gasteiger partial charge < -0.3 is 15.4 Å². The maximum Gasteiger partial charge on any atom is 0.270 e. The predicted octanol–water partition coefficient (Wildman–Crippen LogP) is 4.78. The largest absolute Gasteiger partial charge is 0.380 e. The van der Waals surface area contributed by atoms with Crippen LogP contribution in [0.1, 0.15) is 112 Å². The number of carbonyl (C=O) groups is 2. The van der Waals surface area contributed by atoms with Crippen molar-refractivity contribution in [2.24, 2.45) is 18.9 Å². The highest BCUT2D eigenvalue weighted by Crippen LogP contribution is 2.40. The van der Waals surface area contributed by atoms with Crippen molar-refractivity contribution in [3.63, 3.8) is 0 Å². The fraction of sp³-hybridized carbons (Fsp3) is 0.677. The Hall–Kier alpha value is -3.48. The van der Waals surface area contributed by atoms with Gasteiger partial charge in [-0.1, -0.05) is 47.0 Å². The number of nitrogens with one attached hydrogen (secondary N) is 2. The third kappa shape index (κ3) is 7.77. The molecule has 2 fully saturated rings. The Labute approximate surface area is 257 Å². The molecule has 44 heavy (non-hydrogen) atoms. The summed E-state index contributed by atoms with van der Waals surface area (Å²) in [7, 11) is 1.70. The van der Waals surface area contributed by atoms with E-state index in [4.69, 9.17) is 9.84 Å². The fourth-order valence-electron chi connectivity index (χ4n) is 5.72. The molecule has 2 saturated heterocycles. The van der Waals surface area contributed by atoms with Gasteiger partial charge in [-0.05, 0) is 31.2 Å². The Kier molecular flexibility index (Phi) is 11.4. The lowest BCUT2D eigenvalue weighted by Gasteiger charge is -2.32. The number of carbonyl (C=O) groups excluding carboxylic acids is 2. The van der Waals surface area contributed by atoms with Gasteiger partial charge in [-0.3, -0.25) is 14.3 Å². The number of nitrogens with zero attached hydrogens (tertiary/aromatic N) is 6. The molecule has 242 valence electrons. The number of ether oxygens (including phenoxy) is 1. The Bertz CT molecular complexity index is 1410. The van der Waals surface area contributed by atoms with Gasteiger partial charge in [-0.2, -0.15) is 10.2 Å². The molecular formula is C31H46F2N8O3. The standard InChI is InChI=1S/C29H40F2N8O3.C2H6/c1-4-18(2)7-5-9-21(34-27(41)24-10-13-33-38(24)3)23-16-39-28(35-23)36-25(20-17-42-14-11-29(20,30)31)22(37-39)15-19-8-6-12-32-26(19)40;1-2/h10,13,16,18-21H,4-9,11-12,14-15,17H2,1-3H3,(H,32,40)(H,34,41);1-2H3. The smallest absolute Gasteiger partial charge is 0.270 e. The average Bonchev–Trinajstić information content (AvgIpc) is 3.64. The Morgan fingerprint density at radius 1 is 1.27 bits per heavy atom. The molecule has 0 bridgehead atoms. The highest BCUT2D eigenvalue weighted by atomic mass is 19.3. The summed E-state index contributed by atoms with van der Waals surface area (Å²) in [5.74, 6) is -4.38. The SMILES string of the molecule is CC.CCC(C)CCCC(NC(=O)c1ccnn1C)c1cn2nc(CC3CCCNC3=O)c(C3COCCC3(F)F)nc2n1. The minimum Gasteiger partial charge on any atom is -0.380 e. The molecule has 3 aromatic heterocycles. The Morgan fingerprint density at radius 3 is 2.75 bits per heavy atom. The van der Waals surface area contributed by atoms with Crippen LogP contribution in [0.2, 0.25) is 0 Å². The van der Waals surface area contributed by atoms with E-state index in [-0.39, 0.29) is 48.8 Å². The summed E-state index contributed by atoms with van der Waals surface area (Å²) in [6, 6.07) is 1.19. The van der Waals surface area contributed by atoms with E-state index in [9.17, 15) is 9.59 Å². The number of aryl methyl sites for hydroxylation is 1. The van der Waals surface area contributed by atoms with E-state index in [0.29, 0.717) is 42.4 Å². The van der Waals surface area contributed by atoms with Crippen LogP contribution in [0.5, 0.6) is 0 Å². The summed E-state index contributed by atoms with van der Waals surface area (Å²) in [6.45, 7) is 8.74. The molecule has 2 aliphatic heterocycles. The lowest BCUT2D eigenvalue weighted by Crippen LogP contribution is -2.39. The number of alkyl halides is 2. The van der Waals surface area contributed by atoms with Crippen LogP contribution in [0.15, 0.2) is 18.5 Å². The maximum absolute atomic E-state index is 15.2. The van der Waals surface area contributed by atoms with E-state index in [0.717, 1.165) is 25.7 Å². The molecule has 2 amide bonds. The zero-order chi connectivity index (χ0) is 31.9. The summed E-state index contributed by atoms with van der Waals surface area (Å²) >= 11 is 0. The van der Waals surface area contributed by atoms with Crippen molar-refractivity contribution in [3.8, 4) is 0 Å². The summed E-state index contributed by atoms with van der Waals surface area (Å²) in [5.41, 5.74) is 1.42. The van der Waals surface area contributed by atoms with E-state index >= 15 is 8.78 Å². The van der Waals surface area contributed by atoms with Gasteiger partial charge in [-0.15, -0.1) is 0 Å². The monoisotopic (exact) mass is 616 g/mol. The Balaban J connectivity index is 0.00000216. The van der Waals surface area contributed by atoms with Crippen molar-refractivity contribution in [1.29, 1.82) is 0 Å². The molecule has 2 N–H and O–H groups in total. The maximum atomic E-state index is 15.2. The summed E-state index contributed by atoms with van der Waals surface area (Å²) < 4.78 is 38.7.